The van der Waals surface area contributed by atoms with Crippen molar-refractivity contribution in [2.24, 2.45) is 5.41 Å². The Morgan fingerprint density at radius 3 is 2.57 bits per heavy atom. The molecule has 2 rings (SSSR count). The van der Waals surface area contributed by atoms with Gasteiger partial charge in [-0.25, -0.2) is 0 Å². The monoisotopic (exact) mass is 293 g/mol. The number of furan rings is 1. The SMILES string of the molecule is CC(C)c1ccoc1C(=O)NCC1(C(=O)O)CCCCC1. The van der Waals surface area contributed by atoms with Crippen molar-refractivity contribution in [1.82, 2.24) is 5.32 Å². The van der Waals surface area contributed by atoms with E-state index in [4.69, 9.17) is 4.42 Å². The minimum Gasteiger partial charge on any atom is -0.481 e. The van der Waals surface area contributed by atoms with E-state index in [0.29, 0.717) is 18.6 Å². The standard InChI is InChI=1S/C16H23NO4/c1-11(2)12-6-9-21-13(12)14(18)17-10-16(15(19)20)7-4-3-5-8-16/h6,9,11H,3-5,7-8,10H2,1-2H3,(H,17,18)(H,19,20). The van der Waals surface area contributed by atoms with Crippen LogP contribution in [-0.2, 0) is 4.79 Å². The van der Waals surface area contributed by atoms with E-state index in [0.717, 1.165) is 24.8 Å². The number of carboxylic acid groups (broad SMARTS) is 1. The minimum atomic E-state index is -0.821. The molecule has 1 aromatic rings. The van der Waals surface area contributed by atoms with Gasteiger partial charge in [0.05, 0.1) is 11.7 Å². The molecule has 5 nitrogen and oxygen atoms in total. The molecule has 0 aliphatic heterocycles. The van der Waals surface area contributed by atoms with E-state index >= 15 is 0 Å². The second-order valence-electron chi connectivity index (χ2n) is 6.19. The van der Waals surface area contributed by atoms with Crippen LogP contribution in [0.2, 0.25) is 0 Å². The Bertz CT molecular complexity index is 512. The zero-order valence-electron chi connectivity index (χ0n) is 12.6. The van der Waals surface area contributed by atoms with Gasteiger partial charge in [-0.05, 0) is 24.8 Å². The number of amides is 1. The summed E-state index contributed by atoms with van der Waals surface area (Å²) in [6.45, 7) is 4.14. The first kappa shape index (κ1) is 15.6. The van der Waals surface area contributed by atoms with Crippen LogP contribution in [0.15, 0.2) is 16.7 Å². The Balaban J connectivity index is 2.05. The molecule has 1 saturated carbocycles. The number of aliphatic carboxylic acids is 1. The van der Waals surface area contributed by atoms with E-state index in [9.17, 15) is 14.7 Å². The van der Waals surface area contributed by atoms with E-state index in [1.54, 1.807) is 6.07 Å². The summed E-state index contributed by atoms with van der Waals surface area (Å²) in [5.74, 6) is -0.658. The highest BCUT2D eigenvalue weighted by Gasteiger charge is 2.40. The Kier molecular flexibility index (Phi) is 4.70. The maximum atomic E-state index is 12.2. The van der Waals surface area contributed by atoms with E-state index in [-0.39, 0.29) is 18.4 Å². The summed E-state index contributed by atoms with van der Waals surface area (Å²) in [4.78, 5) is 23.8. The van der Waals surface area contributed by atoms with Gasteiger partial charge in [0, 0.05) is 12.1 Å². The zero-order chi connectivity index (χ0) is 15.5. The molecule has 1 heterocycles. The van der Waals surface area contributed by atoms with Crippen molar-refractivity contribution in [3.05, 3.63) is 23.7 Å². The topological polar surface area (TPSA) is 79.5 Å². The lowest BCUT2D eigenvalue weighted by Gasteiger charge is -2.33. The summed E-state index contributed by atoms with van der Waals surface area (Å²) in [5.41, 5.74) is 0.0268. The van der Waals surface area contributed by atoms with Gasteiger partial charge in [0.1, 0.15) is 0 Å². The highest BCUT2D eigenvalue weighted by atomic mass is 16.4. The number of carbonyl (C=O) groups excluding carboxylic acids is 1. The molecule has 0 bridgehead atoms. The first-order chi connectivity index (χ1) is 9.96. The van der Waals surface area contributed by atoms with Crippen molar-refractivity contribution in [1.29, 1.82) is 0 Å². The van der Waals surface area contributed by atoms with Crippen LogP contribution in [0, 0.1) is 5.41 Å². The average molecular weight is 293 g/mol. The predicted molar refractivity (Wildman–Crippen MR) is 78.3 cm³/mol. The van der Waals surface area contributed by atoms with Crippen molar-refractivity contribution in [3.63, 3.8) is 0 Å². The van der Waals surface area contributed by atoms with Gasteiger partial charge in [0.15, 0.2) is 5.76 Å². The maximum Gasteiger partial charge on any atom is 0.311 e. The Morgan fingerprint density at radius 2 is 2.00 bits per heavy atom. The normalized spacial score (nSPS) is 17.7. The largest absolute Gasteiger partial charge is 0.481 e. The molecule has 116 valence electrons. The third kappa shape index (κ3) is 3.28. The van der Waals surface area contributed by atoms with Crippen molar-refractivity contribution < 1.29 is 19.1 Å². The van der Waals surface area contributed by atoms with Crippen LogP contribution in [0.4, 0.5) is 0 Å². The van der Waals surface area contributed by atoms with Crippen LogP contribution in [0.1, 0.15) is 68.0 Å². The molecule has 0 spiro atoms. The lowest BCUT2D eigenvalue weighted by atomic mass is 9.74. The molecule has 0 unspecified atom stereocenters. The van der Waals surface area contributed by atoms with E-state index < -0.39 is 11.4 Å². The Labute approximate surface area is 124 Å². The smallest absolute Gasteiger partial charge is 0.311 e. The van der Waals surface area contributed by atoms with Crippen molar-refractivity contribution >= 4 is 11.9 Å². The fourth-order valence-corrected chi connectivity index (χ4v) is 2.98. The van der Waals surface area contributed by atoms with E-state index in [2.05, 4.69) is 5.32 Å². The van der Waals surface area contributed by atoms with Crippen LogP contribution < -0.4 is 5.32 Å². The lowest BCUT2D eigenvalue weighted by Crippen LogP contribution is -2.44. The third-order valence-corrected chi connectivity index (χ3v) is 4.38. The van der Waals surface area contributed by atoms with Crippen LogP contribution >= 0.6 is 0 Å². The van der Waals surface area contributed by atoms with Gasteiger partial charge in [0.2, 0.25) is 0 Å². The van der Waals surface area contributed by atoms with Crippen molar-refractivity contribution in [2.45, 2.75) is 51.9 Å². The molecule has 0 saturated heterocycles. The molecule has 1 aliphatic rings. The second kappa shape index (κ2) is 6.33. The summed E-state index contributed by atoms with van der Waals surface area (Å²) in [6.07, 6.45) is 5.62. The van der Waals surface area contributed by atoms with Gasteiger partial charge >= 0.3 is 5.97 Å². The van der Waals surface area contributed by atoms with Crippen LogP contribution in [0.25, 0.3) is 0 Å². The van der Waals surface area contributed by atoms with Crippen molar-refractivity contribution in [2.75, 3.05) is 6.54 Å². The molecule has 1 amide bonds. The summed E-state index contributed by atoms with van der Waals surface area (Å²) in [7, 11) is 0. The highest BCUT2D eigenvalue weighted by molar-refractivity contribution is 5.93. The van der Waals surface area contributed by atoms with Crippen LogP contribution in [-0.4, -0.2) is 23.5 Å². The van der Waals surface area contributed by atoms with Gasteiger partial charge in [0.25, 0.3) is 5.91 Å². The van der Waals surface area contributed by atoms with Gasteiger partial charge in [-0.1, -0.05) is 33.1 Å². The number of hydrogen-bond acceptors (Lipinski definition) is 3. The van der Waals surface area contributed by atoms with E-state index in [1.807, 2.05) is 13.8 Å². The molecule has 1 aromatic heterocycles. The molecule has 0 atom stereocenters. The molecular formula is C16H23NO4. The first-order valence-electron chi connectivity index (χ1n) is 7.55. The predicted octanol–water partition coefficient (Wildman–Crippen LogP) is 3.17. The number of nitrogens with one attached hydrogen (secondary N) is 1. The molecule has 5 heteroatoms. The number of rotatable bonds is 5. The number of carboxylic acids is 1. The fraction of sp³-hybridized carbons (Fsp3) is 0.625. The quantitative estimate of drug-likeness (QED) is 0.874. The number of hydrogen-bond donors (Lipinski definition) is 2. The van der Waals surface area contributed by atoms with Crippen molar-refractivity contribution in [3.8, 4) is 0 Å². The second-order valence-corrected chi connectivity index (χ2v) is 6.19. The number of carbonyl (C=O) groups is 2. The highest BCUT2D eigenvalue weighted by Crippen LogP contribution is 2.36. The molecular weight excluding hydrogens is 270 g/mol. The van der Waals surface area contributed by atoms with Gasteiger partial charge in [-0.2, -0.15) is 0 Å². The van der Waals surface area contributed by atoms with Crippen LogP contribution in [0.5, 0.6) is 0 Å². The van der Waals surface area contributed by atoms with Gasteiger partial charge < -0.3 is 14.8 Å². The molecule has 2 N–H and O–H groups in total. The Morgan fingerprint density at radius 1 is 1.33 bits per heavy atom. The summed E-state index contributed by atoms with van der Waals surface area (Å²) >= 11 is 0. The molecule has 21 heavy (non-hydrogen) atoms. The molecule has 1 fully saturated rings. The summed E-state index contributed by atoms with van der Waals surface area (Å²) in [5, 5.41) is 12.3. The third-order valence-electron chi connectivity index (χ3n) is 4.38. The maximum absolute atomic E-state index is 12.2. The fourth-order valence-electron chi connectivity index (χ4n) is 2.98. The minimum absolute atomic E-state index is 0.166. The average Bonchev–Trinajstić information content (AvgIpc) is 2.95. The Hall–Kier alpha value is -1.78. The molecule has 1 aliphatic carbocycles. The summed E-state index contributed by atoms with van der Waals surface area (Å²) in [6, 6.07) is 1.78. The first-order valence-corrected chi connectivity index (χ1v) is 7.55. The zero-order valence-corrected chi connectivity index (χ0v) is 12.6. The van der Waals surface area contributed by atoms with E-state index in [1.165, 1.54) is 6.26 Å². The van der Waals surface area contributed by atoms with Crippen LogP contribution in [0.3, 0.4) is 0 Å². The van der Waals surface area contributed by atoms with Gasteiger partial charge in [-0.15, -0.1) is 0 Å². The molecule has 0 radical (unpaired) electrons. The molecule has 0 aromatic carbocycles. The van der Waals surface area contributed by atoms with Gasteiger partial charge in [-0.3, -0.25) is 9.59 Å². The lowest BCUT2D eigenvalue weighted by molar-refractivity contribution is -0.150. The summed E-state index contributed by atoms with van der Waals surface area (Å²) < 4.78 is 5.26.